The third-order valence-corrected chi connectivity index (χ3v) is 3.86. The molecule has 0 unspecified atom stereocenters. The molecule has 0 aliphatic carbocycles. The molecular formula is C16H26N2. The SMILES string of the molecule is CN(CCCN1CCCCCC1)c1ccccc1. The number of anilines is 1. The summed E-state index contributed by atoms with van der Waals surface area (Å²) in [5, 5.41) is 0. The van der Waals surface area contributed by atoms with Crippen LogP contribution in [0.3, 0.4) is 0 Å². The van der Waals surface area contributed by atoms with Crippen LogP contribution in [0.25, 0.3) is 0 Å². The molecule has 100 valence electrons. The van der Waals surface area contributed by atoms with Gasteiger partial charge in [0.15, 0.2) is 0 Å². The number of para-hydroxylation sites is 1. The molecule has 0 bridgehead atoms. The summed E-state index contributed by atoms with van der Waals surface area (Å²) in [5.41, 5.74) is 1.33. The van der Waals surface area contributed by atoms with Crippen LogP contribution in [-0.2, 0) is 0 Å². The molecule has 0 spiro atoms. The van der Waals surface area contributed by atoms with Gasteiger partial charge >= 0.3 is 0 Å². The van der Waals surface area contributed by atoms with Gasteiger partial charge in [-0.1, -0.05) is 31.0 Å². The predicted octanol–water partition coefficient (Wildman–Crippen LogP) is 3.39. The van der Waals surface area contributed by atoms with Crippen molar-refractivity contribution < 1.29 is 0 Å². The molecule has 0 N–H and O–H groups in total. The molecule has 1 fully saturated rings. The molecular weight excluding hydrogens is 220 g/mol. The van der Waals surface area contributed by atoms with Crippen molar-refractivity contribution >= 4 is 5.69 Å². The van der Waals surface area contributed by atoms with Gasteiger partial charge < -0.3 is 9.80 Å². The lowest BCUT2D eigenvalue weighted by Gasteiger charge is -2.23. The molecule has 1 heterocycles. The van der Waals surface area contributed by atoms with E-state index >= 15 is 0 Å². The maximum Gasteiger partial charge on any atom is 0.0363 e. The van der Waals surface area contributed by atoms with E-state index in [4.69, 9.17) is 0 Å². The van der Waals surface area contributed by atoms with Gasteiger partial charge in [0, 0.05) is 19.3 Å². The first-order valence-corrected chi connectivity index (χ1v) is 7.35. The predicted molar refractivity (Wildman–Crippen MR) is 79.2 cm³/mol. The Morgan fingerprint density at radius 2 is 1.67 bits per heavy atom. The Labute approximate surface area is 112 Å². The minimum absolute atomic E-state index is 1.15. The van der Waals surface area contributed by atoms with Crippen molar-refractivity contribution in [1.82, 2.24) is 4.90 Å². The minimum Gasteiger partial charge on any atom is -0.375 e. The van der Waals surface area contributed by atoms with Crippen molar-refractivity contribution in [2.24, 2.45) is 0 Å². The fourth-order valence-electron chi connectivity index (χ4n) is 2.70. The lowest BCUT2D eigenvalue weighted by atomic mass is 10.2. The first-order chi connectivity index (χ1) is 8.86. The Bertz CT molecular complexity index is 315. The van der Waals surface area contributed by atoms with Gasteiger partial charge in [-0.05, 0) is 51.0 Å². The zero-order valence-corrected chi connectivity index (χ0v) is 11.6. The normalized spacial score (nSPS) is 17.4. The van der Waals surface area contributed by atoms with Gasteiger partial charge in [-0.15, -0.1) is 0 Å². The molecule has 0 atom stereocenters. The van der Waals surface area contributed by atoms with Gasteiger partial charge in [-0.3, -0.25) is 0 Å². The fraction of sp³-hybridized carbons (Fsp3) is 0.625. The van der Waals surface area contributed by atoms with Crippen LogP contribution in [-0.4, -0.2) is 38.1 Å². The number of hydrogen-bond acceptors (Lipinski definition) is 2. The standard InChI is InChI=1S/C16H26N2/c1-17(16-10-5-4-6-11-16)12-9-15-18-13-7-2-3-8-14-18/h4-6,10-11H,2-3,7-9,12-15H2,1H3. The van der Waals surface area contributed by atoms with Gasteiger partial charge in [0.1, 0.15) is 0 Å². The zero-order valence-electron chi connectivity index (χ0n) is 11.6. The van der Waals surface area contributed by atoms with E-state index in [9.17, 15) is 0 Å². The van der Waals surface area contributed by atoms with Crippen molar-refractivity contribution in [3.63, 3.8) is 0 Å². The van der Waals surface area contributed by atoms with Gasteiger partial charge in [-0.2, -0.15) is 0 Å². The number of hydrogen-bond donors (Lipinski definition) is 0. The highest BCUT2D eigenvalue weighted by Crippen LogP contribution is 2.12. The molecule has 2 heteroatoms. The van der Waals surface area contributed by atoms with Crippen LogP contribution in [0.15, 0.2) is 30.3 Å². The number of likely N-dealkylation sites (tertiary alicyclic amines) is 1. The molecule has 1 saturated heterocycles. The van der Waals surface area contributed by atoms with E-state index in [0.29, 0.717) is 0 Å². The highest BCUT2D eigenvalue weighted by Gasteiger charge is 2.08. The van der Waals surface area contributed by atoms with Gasteiger partial charge in [0.2, 0.25) is 0 Å². The molecule has 0 saturated carbocycles. The molecule has 1 aromatic carbocycles. The van der Waals surface area contributed by atoms with Crippen LogP contribution in [0.5, 0.6) is 0 Å². The number of nitrogens with zero attached hydrogens (tertiary/aromatic N) is 2. The summed E-state index contributed by atoms with van der Waals surface area (Å²) in [5.74, 6) is 0. The average Bonchev–Trinajstić information content (AvgIpc) is 2.68. The molecule has 0 radical (unpaired) electrons. The number of rotatable bonds is 5. The molecule has 1 aliphatic rings. The second kappa shape index (κ2) is 7.42. The monoisotopic (exact) mass is 246 g/mol. The van der Waals surface area contributed by atoms with E-state index in [1.54, 1.807) is 0 Å². The second-order valence-electron chi connectivity index (χ2n) is 5.37. The minimum atomic E-state index is 1.15. The van der Waals surface area contributed by atoms with Crippen LogP contribution < -0.4 is 4.90 Å². The highest BCUT2D eigenvalue weighted by atomic mass is 15.1. The summed E-state index contributed by atoms with van der Waals surface area (Å²) in [6.07, 6.45) is 6.93. The molecule has 0 amide bonds. The van der Waals surface area contributed by atoms with Gasteiger partial charge in [0.05, 0.1) is 0 Å². The topological polar surface area (TPSA) is 6.48 Å². The van der Waals surface area contributed by atoms with Crippen molar-refractivity contribution in [2.45, 2.75) is 32.1 Å². The van der Waals surface area contributed by atoms with Crippen LogP contribution in [0.2, 0.25) is 0 Å². The van der Waals surface area contributed by atoms with Crippen molar-refractivity contribution in [2.75, 3.05) is 38.1 Å². The van der Waals surface area contributed by atoms with Crippen molar-refractivity contribution in [3.05, 3.63) is 30.3 Å². The van der Waals surface area contributed by atoms with E-state index in [-0.39, 0.29) is 0 Å². The van der Waals surface area contributed by atoms with Gasteiger partial charge in [0.25, 0.3) is 0 Å². The van der Waals surface area contributed by atoms with Crippen LogP contribution in [0, 0.1) is 0 Å². The molecule has 18 heavy (non-hydrogen) atoms. The van der Waals surface area contributed by atoms with Crippen molar-refractivity contribution in [1.29, 1.82) is 0 Å². The summed E-state index contributed by atoms with van der Waals surface area (Å²) in [6.45, 7) is 5.04. The second-order valence-corrected chi connectivity index (χ2v) is 5.37. The Morgan fingerprint density at radius 1 is 1.00 bits per heavy atom. The lowest BCUT2D eigenvalue weighted by Crippen LogP contribution is -2.29. The molecule has 0 aromatic heterocycles. The van der Waals surface area contributed by atoms with E-state index in [1.165, 1.54) is 57.4 Å². The van der Waals surface area contributed by atoms with Crippen molar-refractivity contribution in [3.8, 4) is 0 Å². The third-order valence-electron chi connectivity index (χ3n) is 3.86. The molecule has 1 aromatic rings. The van der Waals surface area contributed by atoms with Crippen LogP contribution in [0.4, 0.5) is 5.69 Å². The third kappa shape index (κ3) is 4.34. The summed E-state index contributed by atoms with van der Waals surface area (Å²) in [4.78, 5) is 5.00. The summed E-state index contributed by atoms with van der Waals surface area (Å²) in [6, 6.07) is 10.7. The van der Waals surface area contributed by atoms with Crippen LogP contribution in [0.1, 0.15) is 32.1 Å². The highest BCUT2D eigenvalue weighted by molar-refractivity contribution is 5.44. The first kappa shape index (κ1) is 13.4. The Balaban J connectivity index is 1.68. The lowest BCUT2D eigenvalue weighted by molar-refractivity contribution is 0.283. The largest absolute Gasteiger partial charge is 0.375 e. The average molecular weight is 246 g/mol. The molecule has 2 nitrogen and oxygen atoms in total. The Hall–Kier alpha value is -1.02. The Kier molecular flexibility index (Phi) is 5.53. The van der Waals surface area contributed by atoms with E-state index < -0.39 is 0 Å². The molecule has 1 aliphatic heterocycles. The van der Waals surface area contributed by atoms with E-state index in [2.05, 4.69) is 47.2 Å². The first-order valence-electron chi connectivity index (χ1n) is 7.35. The number of benzene rings is 1. The maximum absolute atomic E-state index is 2.64. The van der Waals surface area contributed by atoms with Gasteiger partial charge in [-0.25, -0.2) is 0 Å². The summed E-state index contributed by atoms with van der Waals surface area (Å²) >= 11 is 0. The maximum atomic E-state index is 2.64. The summed E-state index contributed by atoms with van der Waals surface area (Å²) < 4.78 is 0. The molecule has 2 rings (SSSR count). The van der Waals surface area contributed by atoms with Crippen LogP contribution >= 0.6 is 0 Å². The fourth-order valence-corrected chi connectivity index (χ4v) is 2.70. The Morgan fingerprint density at radius 3 is 2.33 bits per heavy atom. The van der Waals surface area contributed by atoms with E-state index in [1.807, 2.05) is 0 Å². The van der Waals surface area contributed by atoms with E-state index in [0.717, 1.165) is 6.54 Å². The quantitative estimate of drug-likeness (QED) is 0.786. The smallest absolute Gasteiger partial charge is 0.0363 e. The summed E-state index contributed by atoms with van der Waals surface area (Å²) in [7, 11) is 2.19. The zero-order chi connectivity index (χ0) is 12.6.